The minimum absolute atomic E-state index is 0.0121. The van der Waals surface area contributed by atoms with E-state index in [0.29, 0.717) is 11.5 Å². The molecule has 9 heteroatoms. The number of aliphatic hydroxyl groups excluding tert-OH is 1. The van der Waals surface area contributed by atoms with Crippen LogP contribution in [-0.2, 0) is 23.2 Å². The first-order valence-electron chi connectivity index (χ1n) is 5.84. The SMILES string of the molecule is Cc1cc(CNS(=O)(=O)c2cc(Cl)cc(CO)c2F)no1. The summed E-state index contributed by atoms with van der Waals surface area (Å²) in [6.07, 6.45) is 0. The van der Waals surface area contributed by atoms with Crippen LogP contribution in [0.3, 0.4) is 0 Å². The molecule has 1 aromatic carbocycles. The summed E-state index contributed by atoms with van der Waals surface area (Å²) in [4.78, 5) is -0.626. The first-order valence-corrected chi connectivity index (χ1v) is 7.70. The smallest absolute Gasteiger partial charge is 0.243 e. The van der Waals surface area contributed by atoms with Gasteiger partial charge in [0, 0.05) is 16.7 Å². The summed E-state index contributed by atoms with van der Waals surface area (Å²) in [6.45, 7) is 0.854. The zero-order chi connectivity index (χ0) is 15.6. The molecule has 0 bridgehead atoms. The van der Waals surface area contributed by atoms with Crippen molar-refractivity contribution in [2.24, 2.45) is 0 Å². The Kier molecular flexibility index (Phi) is 4.62. The molecule has 0 amide bonds. The minimum Gasteiger partial charge on any atom is -0.392 e. The highest BCUT2D eigenvalue weighted by atomic mass is 35.5. The lowest BCUT2D eigenvalue weighted by atomic mass is 10.2. The maximum Gasteiger partial charge on any atom is 0.243 e. The number of halogens is 2. The molecule has 0 saturated carbocycles. The molecule has 1 heterocycles. The number of rotatable bonds is 5. The van der Waals surface area contributed by atoms with Crippen LogP contribution in [0, 0.1) is 12.7 Å². The Labute approximate surface area is 125 Å². The van der Waals surface area contributed by atoms with Crippen molar-refractivity contribution in [2.45, 2.75) is 25.0 Å². The van der Waals surface area contributed by atoms with Crippen LogP contribution in [0.5, 0.6) is 0 Å². The largest absolute Gasteiger partial charge is 0.392 e. The molecule has 0 unspecified atom stereocenters. The van der Waals surface area contributed by atoms with Gasteiger partial charge in [0.25, 0.3) is 0 Å². The summed E-state index contributed by atoms with van der Waals surface area (Å²) in [5, 5.41) is 12.6. The Morgan fingerprint density at radius 3 is 2.71 bits per heavy atom. The third-order valence-corrected chi connectivity index (χ3v) is 4.28. The van der Waals surface area contributed by atoms with Gasteiger partial charge in [-0.3, -0.25) is 0 Å². The number of sulfonamides is 1. The number of aryl methyl sites for hydroxylation is 1. The monoisotopic (exact) mass is 334 g/mol. The molecule has 0 saturated heterocycles. The van der Waals surface area contributed by atoms with E-state index in [0.717, 1.165) is 12.1 Å². The Balaban J connectivity index is 2.29. The third kappa shape index (κ3) is 3.59. The minimum atomic E-state index is -4.14. The Bertz CT molecular complexity index is 761. The van der Waals surface area contributed by atoms with E-state index in [2.05, 4.69) is 9.88 Å². The normalized spacial score (nSPS) is 11.8. The predicted molar refractivity (Wildman–Crippen MR) is 72.6 cm³/mol. The van der Waals surface area contributed by atoms with E-state index in [9.17, 15) is 12.8 Å². The lowest BCUT2D eigenvalue weighted by Crippen LogP contribution is -2.24. The van der Waals surface area contributed by atoms with E-state index in [1.807, 2.05) is 0 Å². The summed E-state index contributed by atoms with van der Waals surface area (Å²) >= 11 is 5.73. The van der Waals surface area contributed by atoms with Crippen LogP contribution in [-0.4, -0.2) is 18.7 Å². The van der Waals surface area contributed by atoms with E-state index in [1.165, 1.54) is 0 Å². The van der Waals surface area contributed by atoms with E-state index >= 15 is 0 Å². The van der Waals surface area contributed by atoms with Gasteiger partial charge in [0.05, 0.1) is 18.8 Å². The molecule has 6 nitrogen and oxygen atoms in total. The maximum absolute atomic E-state index is 14.0. The fraction of sp³-hybridized carbons (Fsp3) is 0.250. The van der Waals surface area contributed by atoms with Crippen LogP contribution in [0.2, 0.25) is 5.02 Å². The van der Waals surface area contributed by atoms with Crippen LogP contribution in [0.15, 0.2) is 27.6 Å². The molecule has 0 fully saturated rings. The molecule has 0 aliphatic carbocycles. The van der Waals surface area contributed by atoms with Gasteiger partial charge in [-0.15, -0.1) is 0 Å². The second-order valence-corrected chi connectivity index (χ2v) is 6.46. The molecule has 0 atom stereocenters. The lowest BCUT2D eigenvalue weighted by molar-refractivity contribution is 0.274. The first kappa shape index (κ1) is 15.9. The number of benzene rings is 1. The van der Waals surface area contributed by atoms with Crippen molar-refractivity contribution in [1.29, 1.82) is 0 Å². The maximum atomic E-state index is 14.0. The number of aliphatic hydroxyl groups is 1. The van der Waals surface area contributed by atoms with Crippen molar-refractivity contribution < 1.29 is 22.4 Å². The quantitative estimate of drug-likeness (QED) is 0.869. The molecule has 0 radical (unpaired) electrons. The lowest BCUT2D eigenvalue weighted by Gasteiger charge is -2.09. The van der Waals surface area contributed by atoms with Crippen molar-refractivity contribution >= 4 is 21.6 Å². The van der Waals surface area contributed by atoms with Crippen molar-refractivity contribution in [1.82, 2.24) is 9.88 Å². The van der Waals surface area contributed by atoms with Gasteiger partial charge >= 0.3 is 0 Å². The highest BCUT2D eigenvalue weighted by molar-refractivity contribution is 7.89. The highest BCUT2D eigenvalue weighted by Gasteiger charge is 2.22. The number of hydrogen-bond acceptors (Lipinski definition) is 5. The second-order valence-electron chi connectivity index (χ2n) is 4.29. The third-order valence-electron chi connectivity index (χ3n) is 2.66. The topological polar surface area (TPSA) is 92.4 Å². The molecule has 0 aliphatic heterocycles. The van der Waals surface area contributed by atoms with E-state index in [4.69, 9.17) is 21.2 Å². The van der Waals surface area contributed by atoms with Crippen LogP contribution < -0.4 is 4.72 Å². The van der Waals surface area contributed by atoms with Crippen LogP contribution >= 0.6 is 11.6 Å². The van der Waals surface area contributed by atoms with Crippen molar-refractivity contribution in [3.63, 3.8) is 0 Å². The van der Waals surface area contributed by atoms with Crippen LogP contribution in [0.4, 0.5) is 4.39 Å². The van der Waals surface area contributed by atoms with Gasteiger partial charge in [0.2, 0.25) is 10.0 Å². The Morgan fingerprint density at radius 2 is 2.14 bits per heavy atom. The second kappa shape index (κ2) is 6.10. The standard InChI is InChI=1S/C12H12ClFN2O4S/c1-7-2-10(16-20-7)5-15-21(18,19)11-4-9(13)3-8(6-17)12(11)14/h2-4,15,17H,5-6H2,1H3. The van der Waals surface area contributed by atoms with Gasteiger partial charge in [0.1, 0.15) is 16.5 Å². The summed E-state index contributed by atoms with van der Waals surface area (Å²) in [5.41, 5.74) is 0.168. The van der Waals surface area contributed by atoms with E-state index < -0.39 is 27.3 Å². The average Bonchev–Trinajstić information content (AvgIpc) is 2.84. The summed E-state index contributed by atoms with van der Waals surface area (Å²) in [6, 6.07) is 3.69. The zero-order valence-corrected chi connectivity index (χ0v) is 12.5. The molecule has 0 spiro atoms. The summed E-state index contributed by atoms with van der Waals surface area (Å²) in [5.74, 6) is -0.508. The van der Waals surface area contributed by atoms with Gasteiger partial charge in [-0.1, -0.05) is 16.8 Å². The van der Waals surface area contributed by atoms with E-state index in [1.54, 1.807) is 13.0 Å². The Hall–Kier alpha value is -1.48. The number of nitrogens with one attached hydrogen (secondary N) is 1. The molecule has 21 heavy (non-hydrogen) atoms. The van der Waals surface area contributed by atoms with Gasteiger partial charge in [-0.2, -0.15) is 0 Å². The Morgan fingerprint density at radius 1 is 1.43 bits per heavy atom. The van der Waals surface area contributed by atoms with E-state index in [-0.39, 0.29) is 17.1 Å². The van der Waals surface area contributed by atoms with Crippen molar-refractivity contribution in [2.75, 3.05) is 0 Å². The van der Waals surface area contributed by atoms with Gasteiger partial charge in [0.15, 0.2) is 0 Å². The van der Waals surface area contributed by atoms with Crippen LogP contribution in [0.25, 0.3) is 0 Å². The van der Waals surface area contributed by atoms with Crippen molar-refractivity contribution in [3.05, 3.63) is 46.1 Å². The number of aromatic nitrogens is 1. The molecule has 1 aromatic heterocycles. The number of hydrogen-bond donors (Lipinski definition) is 2. The number of nitrogens with zero attached hydrogens (tertiary/aromatic N) is 1. The molecule has 2 rings (SSSR count). The fourth-order valence-electron chi connectivity index (χ4n) is 1.68. The molecule has 2 aromatic rings. The highest BCUT2D eigenvalue weighted by Crippen LogP contribution is 2.24. The summed E-state index contributed by atoms with van der Waals surface area (Å²) < 4.78 is 45.2. The predicted octanol–water partition coefficient (Wildman–Crippen LogP) is 1.75. The molecular weight excluding hydrogens is 323 g/mol. The molecule has 114 valence electrons. The van der Waals surface area contributed by atoms with Gasteiger partial charge in [-0.25, -0.2) is 17.5 Å². The average molecular weight is 335 g/mol. The first-order chi connectivity index (χ1) is 9.83. The van der Waals surface area contributed by atoms with Crippen LogP contribution in [0.1, 0.15) is 17.0 Å². The van der Waals surface area contributed by atoms with Gasteiger partial charge in [-0.05, 0) is 19.1 Å². The van der Waals surface area contributed by atoms with Crippen molar-refractivity contribution in [3.8, 4) is 0 Å². The summed E-state index contributed by atoms with van der Waals surface area (Å²) in [7, 11) is -4.14. The fourth-order valence-corrected chi connectivity index (χ4v) is 3.12. The molecule has 0 aliphatic rings. The zero-order valence-electron chi connectivity index (χ0n) is 10.9. The molecular formula is C12H12ClFN2O4S. The molecule has 2 N–H and O–H groups in total. The van der Waals surface area contributed by atoms with Gasteiger partial charge < -0.3 is 9.63 Å².